The highest BCUT2D eigenvalue weighted by molar-refractivity contribution is 7.65. The summed E-state index contributed by atoms with van der Waals surface area (Å²) in [5.41, 5.74) is 5.79. The number of hydrogen-bond acceptors (Lipinski definition) is 0. The molecule has 0 nitrogen and oxygen atoms in total. The van der Waals surface area contributed by atoms with Gasteiger partial charge >= 0.3 is 0 Å². The molecular weight excluding hydrogens is 247 g/mol. The quantitative estimate of drug-likeness (QED) is 0.690. The maximum atomic E-state index is 2.33. The predicted octanol–water partition coefficient (Wildman–Crippen LogP) is 4.94. The Hall–Kier alpha value is -1.13. The van der Waals surface area contributed by atoms with E-state index in [1.807, 2.05) is 0 Å². The molecular formula is C18H23P. The van der Waals surface area contributed by atoms with Crippen molar-refractivity contribution in [1.82, 2.24) is 0 Å². The molecule has 1 unspecified atom stereocenters. The molecule has 19 heavy (non-hydrogen) atoms. The number of benzene rings is 2. The molecule has 100 valence electrons. The first-order valence-corrected chi connectivity index (χ1v) is 8.69. The first-order chi connectivity index (χ1) is 9.11. The van der Waals surface area contributed by atoms with Crippen molar-refractivity contribution in [3.63, 3.8) is 0 Å². The van der Waals surface area contributed by atoms with E-state index in [1.165, 1.54) is 34.6 Å². The maximum absolute atomic E-state index is 2.33. The van der Waals surface area contributed by atoms with Crippen molar-refractivity contribution in [1.29, 1.82) is 0 Å². The molecule has 0 aliphatic carbocycles. The van der Waals surface area contributed by atoms with Crippen molar-refractivity contribution in [2.75, 3.05) is 6.16 Å². The van der Waals surface area contributed by atoms with Crippen LogP contribution in [0.2, 0.25) is 0 Å². The van der Waals surface area contributed by atoms with Crippen LogP contribution in [0.25, 0.3) is 0 Å². The van der Waals surface area contributed by atoms with E-state index in [0.29, 0.717) is 0 Å². The van der Waals surface area contributed by atoms with E-state index in [2.05, 4.69) is 70.2 Å². The Labute approximate surface area is 118 Å². The second-order valence-corrected chi connectivity index (χ2v) is 7.72. The second kappa shape index (κ2) is 6.35. The zero-order valence-electron chi connectivity index (χ0n) is 12.4. The Morgan fingerprint density at radius 3 is 2.00 bits per heavy atom. The van der Waals surface area contributed by atoms with Gasteiger partial charge in [-0.2, -0.15) is 0 Å². The molecule has 0 spiro atoms. The molecule has 0 aliphatic rings. The molecule has 1 atom stereocenters. The lowest BCUT2D eigenvalue weighted by Crippen LogP contribution is -2.13. The minimum Gasteiger partial charge on any atom is -0.0705 e. The molecule has 2 aromatic rings. The molecule has 0 aliphatic heterocycles. The van der Waals surface area contributed by atoms with E-state index in [-0.39, 0.29) is 7.92 Å². The van der Waals surface area contributed by atoms with E-state index >= 15 is 0 Å². The Morgan fingerprint density at radius 1 is 0.895 bits per heavy atom. The van der Waals surface area contributed by atoms with E-state index < -0.39 is 0 Å². The third-order valence-corrected chi connectivity index (χ3v) is 6.40. The molecule has 0 amide bonds. The summed E-state index contributed by atoms with van der Waals surface area (Å²) in [5, 5.41) is 1.62. The van der Waals surface area contributed by atoms with Crippen LogP contribution >= 0.6 is 7.92 Å². The van der Waals surface area contributed by atoms with Crippen LogP contribution in [0.4, 0.5) is 0 Å². The summed E-state index contributed by atoms with van der Waals surface area (Å²) in [5.74, 6) is 0. The predicted molar refractivity (Wildman–Crippen MR) is 87.9 cm³/mol. The highest BCUT2D eigenvalue weighted by Gasteiger charge is 2.14. The molecule has 0 saturated heterocycles. The van der Waals surface area contributed by atoms with E-state index in [0.717, 1.165) is 0 Å². The van der Waals surface area contributed by atoms with Crippen LogP contribution in [0.3, 0.4) is 0 Å². The standard InChI is InChI=1S/C18H23P/c1-5-19(13-17-9-7-6-8-10-17)18-15(3)11-14(2)12-16(18)4/h6-12H,5,13H2,1-4H3. The topological polar surface area (TPSA) is 0 Å². The fourth-order valence-electron chi connectivity index (χ4n) is 2.82. The van der Waals surface area contributed by atoms with Crippen LogP contribution in [-0.4, -0.2) is 6.16 Å². The smallest absolute Gasteiger partial charge is 0.00327 e. The zero-order chi connectivity index (χ0) is 13.8. The summed E-state index contributed by atoms with van der Waals surface area (Å²) in [7, 11) is -0.0839. The Kier molecular flexibility index (Phi) is 4.77. The van der Waals surface area contributed by atoms with Gasteiger partial charge in [0.1, 0.15) is 0 Å². The van der Waals surface area contributed by atoms with Crippen LogP contribution in [0.1, 0.15) is 29.2 Å². The van der Waals surface area contributed by atoms with Gasteiger partial charge in [-0.05, 0) is 55.1 Å². The van der Waals surface area contributed by atoms with Crippen molar-refractivity contribution in [2.24, 2.45) is 0 Å². The van der Waals surface area contributed by atoms with Crippen LogP contribution < -0.4 is 5.30 Å². The molecule has 0 N–H and O–H groups in total. The van der Waals surface area contributed by atoms with Gasteiger partial charge in [0, 0.05) is 0 Å². The van der Waals surface area contributed by atoms with Crippen molar-refractivity contribution in [2.45, 2.75) is 33.9 Å². The van der Waals surface area contributed by atoms with E-state index in [1.54, 1.807) is 5.30 Å². The summed E-state index contributed by atoms with van der Waals surface area (Å²) in [6.07, 6.45) is 2.46. The van der Waals surface area contributed by atoms with Gasteiger partial charge in [0.2, 0.25) is 0 Å². The third-order valence-electron chi connectivity index (χ3n) is 3.55. The second-order valence-electron chi connectivity index (χ2n) is 5.25. The first kappa shape index (κ1) is 14.3. The number of rotatable bonds is 4. The highest BCUT2D eigenvalue weighted by atomic mass is 31.1. The summed E-state index contributed by atoms with van der Waals surface area (Å²) in [4.78, 5) is 0. The van der Waals surface area contributed by atoms with Gasteiger partial charge in [-0.15, -0.1) is 0 Å². The lowest BCUT2D eigenvalue weighted by Gasteiger charge is -2.21. The van der Waals surface area contributed by atoms with Crippen LogP contribution in [0.5, 0.6) is 0 Å². The lowest BCUT2D eigenvalue weighted by molar-refractivity contribution is 1.32. The SMILES string of the molecule is CCP(Cc1ccccc1)c1c(C)cc(C)cc1C. The van der Waals surface area contributed by atoms with Gasteiger partial charge in [-0.3, -0.25) is 0 Å². The minimum absolute atomic E-state index is 0.0839. The van der Waals surface area contributed by atoms with Crippen molar-refractivity contribution >= 4 is 13.2 Å². The average Bonchev–Trinajstić information content (AvgIpc) is 2.37. The van der Waals surface area contributed by atoms with Gasteiger partial charge in [0.15, 0.2) is 0 Å². The van der Waals surface area contributed by atoms with Gasteiger partial charge in [0.05, 0.1) is 0 Å². The fraction of sp³-hybridized carbons (Fsp3) is 0.333. The molecule has 2 aromatic carbocycles. The molecule has 0 saturated carbocycles. The summed E-state index contributed by atoms with van der Waals surface area (Å²) in [6.45, 7) is 9.05. The number of aryl methyl sites for hydroxylation is 3. The highest BCUT2D eigenvalue weighted by Crippen LogP contribution is 2.40. The largest absolute Gasteiger partial charge is 0.0705 e. The number of hydrogen-bond donors (Lipinski definition) is 0. The molecule has 0 fully saturated rings. The van der Waals surface area contributed by atoms with Crippen LogP contribution in [-0.2, 0) is 6.16 Å². The molecule has 0 bridgehead atoms. The maximum Gasteiger partial charge on any atom is -0.00327 e. The lowest BCUT2D eigenvalue weighted by atomic mass is 10.1. The summed E-state index contributed by atoms with van der Waals surface area (Å²) in [6, 6.07) is 15.6. The fourth-order valence-corrected chi connectivity index (χ4v) is 5.30. The minimum atomic E-state index is -0.0839. The molecule has 0 heterocycles. The third kappa shape index (κ3) is 3.45. The monoisotopic (exact) mass is 270 g/mol. The van der Waals surface area contributed by atoms with E-state index in [9.17, 15) is 0 Å². The van der Waals surface area contributed by atoms with Gasteiger partial charge in [0.25, 0.3) is 0 Å². The van der Waals surface area contributed by atoms with Crippen LogP contribution in [0, 0.1) is 20.8 Å². The normalized spacial score (nSPS) is 12.4. The van der Waals surface area contributed by atoms with Gasteiger partial charge < -0.3 is 0 Å². The molecule has 0 radical (unpaired) electrons. The van der Waals surface area contributed by atoms with E-state index in [4.69, 9.17) is 0 Å². The summed E-state index contributed by atoms with van der Waals surface area (Å²) >= 11 is 0. The van der Waals surface area contributed by atoms with Crippen molar-refractivity contribution in [3.05, 3.63) is 64.7 Å². The Morgan fingerprint density at radius 2 is 1.47 bits per heavy atom. The van der Waals surface area contributed by atoms with Gasteiger partial charge in [-0.1, -0.05) is 62.9 Å². The zero-order valence-corrected chi connectivity index (χ0v) is 13.3. The first-order valence-electron chi connectivity index (χ1n) is 6.98. The van der Waals surface area contributed by atoms with Crippen LogP contribution in [0.15, 0.2) is 42.5 Å². The Bertz CT molecular complexity index is 520. The average molecular weight is 270 g/mol. The van der Waals surface area contributed by atoms with Crippen molar-refractivity contribution in [3.8, 4) is 0 Å². The summed E-state index contributed by atoms with van der Waals surface area (Å²) < 4.78 is 0. The Balaban J connectivity index is 2.32. The van der Waals surface area contributed by atoms with Gasteiger partial charge in [-0.25, -0.2) is 0 Å². The molecule has 0 aromatic heterocycles. The molecule has 2 rings (SSSR count). The van der Waals surface area contributed by atoms with Crippen molar-refractivity contribution < 1.29 is 0 Å². The molecule has 1 heteroatoms.